The van der Waals surface area contributed by atoms with Crippen LogP contribution in [0.4, 0.5) is 0 Å². The third kappa shape index (κ3) is 43.3. The van der Waals surface area contributed by atoms with Gasteiger partial charge in [-0.3, -0.25) is 0 Å². The Hall–Kier alpha value is 1.71. The van der Waals surface area contributed by atoms with Gasteiger partial charge in [0, 0.05) is 36.9 Å². The fourth-order valence-corrected chi connectivity index (χ4v) is 0. The van der Waals surface area contributed by atoms with E-state index in [1.54, 1.807) is 0 Å². The van der Waals surface area contributed by atoms with E-state index in [9.17, 15) is 0 Å². The van der Waals surface area contributed by atoms with Crippen molar-refractivity contribution in [2.24, 2.45) is 0 Å². The van der Waals surface area contributed by atoms with Crippen LogP contribution in [-0.2, 0) is 0 Å². The second-order valence-electron chi connectivity index (χ2n) is 0.346. The molecule has 0 unspecified atom stereocenters. The van der Waals surface area contributed by atoms with E-state index >= 15 is 0 Å². The van der Waals surface area contributed by atoms with Crippen molar-refractivity contribution in [2.45, 2.75) is 0 Å². The third-order valence-electron chi connectivity index (χ3n) is 0. The number of hydrogen-bond donors (Lipinski definition) is 3. The van der Waals surface area contributed by atoms with Gasteiger partial charge in [-0.15, -0.1) is 0 Å². The molecule has 6 heteroatoms. The van der Waals surface area contributed by atoms with Crippen molar-refractivity contribution in [1.29, 1.82) is 0 Å². The summed E-state index contributed by atoms with van der Waals surface area (Å²) >= 11 is 0. The molecule has 0 fully saturated rings. The molecule has 0 aromatic rings. The van der Waals surface area contributed by atoms with Crippen LogP contribution in [0.2, 0.25) is 0 Å². The van der Waals surface area contributed by atoms with Crippen molar-refractivity contribution in [3.8, 4) is 0 Å². The van der Waals surface area contributed by atoms with E-state index in [4.69, 9.17) is 15.1 Å². The summed E-state index contributed by atoms with van der Waals surface area (Å²) in [6.45, 7) is 0. The van der Waals surface area contributed by atoms with Crippen molar-refractivity contribution in [2.75, 3.05) is 0 Å². The molecule has 0 aliphatic carbocycles. The standard InChI is InChI=1S/Al.BH3O3.Tm.3H/c;2-1(3)4;;;;/h;2-4H;;;;. The quantitative estimate of drug-likeness (QED) is 0.402. The second-order valence-corrected chi connectivity index (χ2v) is 0.346. The molecule has 3 N–H and O–H groups in total. The molecule has 6 heavy (non-hydrogen) atoms. The van der Waals surface area contributed by atoms with Gasteiger partial charge in [0.15, 0.2) is 17.4 Å². The van der Waals surface area contributed by atoms with E-state index in [1.807, 2.05) is 0 Å². The van der Waals surface area contributed by atoms with Crippen LogP contribution < -0.4 is 0 Å². The van der Waals surface area contributed by atoms with Crippen LogP contribution in [0.25, 0.3) is 0 Å². The summed E-state index contributed by atoms with van der Waals surface area (Å²) in [5.74, 6) is 0. The van der Waals surface area contributed by atoms with Crippen LogP contribution in [-0.4, -0.2) is 39.8 Å². The molecule has 0 aromatic carbocycles. The van der Waals surface area contributed by atoms with Crippen LogP contribution in [0.15, 0.2) is 0 Å². The molecule has 0 heterocycles. The normalized spacial score (nSPS) is 4.50. The zero-order chi connectivity index (χ0) is 3.58. The number of hydrogen-bond acceptors (Lipinski definition) is 3. The van der Waals surface area contributed by atoms with E-state index < -0.39 is 7.32 Å². The molecule has 1 radical (unpaired) electrons. The van der Waals surface area contributed by atoms with Crippen molar-refractivity contribution in [1.82, 2.24) is 0 Å². The molecular weight excluding hydrogens is 255 g/mol. The maximum Gasteiger partial charge on any atom is 0.631 e. The van der Waals surface area contributed by atoms with Crippen molar-refractivity contribution < 1.29 is 51.9 Å². The number of rotatable bonds is 0. The summed E-state index contributed by atoms with van der Waals surface area (Å²) in [4.78, 5) is 0. The SMILES string of the molecule is OB(O)O.[AlH3].[Tm]. The second kappa shape index (κ2) is 9.86. The first-order chi connectivity index (χ1) is 1.73. The topological polar surface area (TPSA) is 60.7 Å². The van der Waals surface area contributed by atoms with Gasteiger partial charge >= 0.3 is 7.32 Å². The molecule has 0 amide bonds. The Kier molecular flexibility index (Phi) is 25.7. The Morgan fingerprint density at radius 2 is 1.00 bits per heavy atom. The maximum absolute atomic E-state index is 7.17. The molecule has 0 aromatic heterocycles. The first kappa shape index (κ1) is 15.6. The van der Waals surface area contributed by atoms with E-state index in [0.717, 1.165) is 0 Å². The van der Waals surface area contributed by atoms with E-state index in [1.165, 1.54) is 0 Å². The van der Waals surface area contributed by atoms with E-state index in [2.05, 4.69) is 0 Å². The summed E-state index contributed by atoms with van der Waals surface area (Å²) in [5.41, 5.74) is 0. The fourth-order valence-electron chi connectivity index (χ4n) is 0. The largest absolute Gasteiger partial charge is 0.631 e. The summed E-state index contributed by atoms with van der Waals surface area (Å²) in [6, 6.07) is 0. The van der Waals surface area contributed by atoms with E-state index in [0.29, 0.717) is 0 Å². The molecule has 0 saturated carbocycles. The molecule has 0 saturated heterocycles. The summed E-state index contributed by atoms with van der Waals surface area (Å²) in [6.07, 6.45) is 0. The summed E-state index contributed by atoms with van der Waals surface area (Å²) in [5, 5.41) is 21.5. The Balaban J connectivity index is -0.0000000450. The van der Waals surface area contributed by atoms with Gasteiger partial charge in [-0.05, 0) is 0 Å². The van der Waals surface area contributed by atoms with Crippen LogP contribution >= 0.6 is 0 Å². The average molecular weight is 261 g/mol. The fraction of sp³-hybridized carbons (Fsp3) is 0. The third-order valence-corrected chi connectivity index (χ3v) is 0. The zero-order valence-corrected chi connectivity index (χ0v) is 3.98. The molecule has 0 atom stereocenters. The molecule has 0 bridgehead atoms. The van der Waals surface area contributed by atoms with Crippen molar-refractivity contribution >= 4 is 24.7 Å². The maximum atomic E-state index is 7.17. The molecular formula is H6AlBO3Tm. The predicted octanol–water partition coefficient (Wildman–Crippen LogP) is -3.24. The van der Waals surface area contributed by atoms with Gasteiger partial charge < -0.3 is 15.1 Å². The Morgan fingerprint density at radius 3 is 1.00 bits per heavy atom. The molecule has 0 aliphatic heterocycles. The van der Waals surface area contributed by atoms with Gasteiger partial charge in [0.1, 0.15) is 0 Å². The summed E-state index contributed by atoms with van der Waals surface area (Å²) in [7, 11) is -2.17. The Bertz CT molecular complexity index is 15.5. The van der Waals surface area contributed by atoms with Gasteiger partial charge in [0.2, 0.25) is 0 Å². The van der Waals surface area contributed by atoms with Gasteiger partial charge in [-0.25, -0.2) is 0 Å². The minimum absolute atomic E-state index is 0. The van der Waals surface area contributed by atoms with Crippen molar-refractivity contribution in [3.05, 3.63) is 0 Å². The van der Waals surface area contributed by atoms with Crippen LogP contribution in [0.3, 0.4) is 0 Å². The van der Waals surface area contributed by atoms with Crippen LogP contribution in [0.1, 0.15) is 0 Å². The molecule has 43 valence electrons. The zero-order valence-electron chi connectivity index (χ0n) is 2.20. The summed E-state index contributed by atoms with van der Waals surface area (Å²) < 4.78 is 0. The predicted molar refractivity (Wildman–Crippen MR) is 22.3 cm³/mol. The molecule has 0 rings (SSSR count). The van der Waals surface area contributed by atoms with Gasteiger partial charge in [0.05, 0.1) is 0 Å². The van der Waals surface area contributed by atoms with E-state index in [-0.39, 0.29) is 54.2 Å². The van der Waals surface area contributed by atoms with Crippen LogP contribution in [0.5, 0.6) is 0 Å². The first-order valence-corrected chi connectivity index (χ1v) is 0.775. The molecule has 0 aliphatic rings. The van der Waals surface area contributed by atoms with Gasteiger partial charge in [0.25, 0.3) is 0 Å². The first-order valence-electron chi connectivity index (χ1n) is 0.775. The van der Waals surface area contributed by atoms with Crippen molar-refractivity contribution in [3.63, 3.8) is 0 Å². The minimum atomic E-state index is -2.17. The average Bonchev–Trinajstić information content (AvgIpc) is 0.811. The van der Waals surface area contributed by atoms with Gasteiger partial charge in [-0.1, -0.05) is 0 Å². The smallest absolute Gasteiger partial charge is 0.402 e. The minimum Gasteiger partial charge on any atom is -0.402 e. The molecule has 0 spiro atoms. The Morgan fingerprint density at radius 1 is 1.00 bits per heavy atom. The van der Waals surface area contributed by atoms with Crippen LogP contribution in [0, 0.1) is 36.9 Å². The molecule has 3 nitrogen and oxygen atoms in total. The Labute approximate surface area is 75.9 Å². The van der Waals surface area contributed by atoms with Gasteiger partial charge in [-0.2, -0.15) is 0 Å². The monoisotopic (exact) mass is 261 g/mol.